The third kappa shape index (κ3) is 5.97. The Morgan fingerprint density at radius 2 is 1.81 bits per heavy atom. The lowest BCUT2D eigenvalue weighted by molar-refractivity contribution is -0.119. The van der Waals surface area contributed by atoms with Gasteiger partial charge in [-0.05, 0) is 17.5 Å². The number of nitrogens with one attached hydrogen (secondary N) is 1. The first-order valence-corrected chi connectivity index (χ1v) is 10.6. The number of Topliss-reactive ketones (excluding diaryl/α,β-unsaturated/α-hetero) is 2. The topological polar surface area (TPSA) is 108 Å². The van der Waals surface area contributed by atoms with Gasteiger partial charge in [0.25, 0.3) is 0 Å². The highest BCUT2D eigenvalue weighted by molar-refractivity contribution is 7.99. The largest absolute Gasteiger partial charge is 0.496 e. The highest BCUT2D eigenvalue weighted by Gasteiger charge is 2.27. The Hall–Kier alpha value is -3.07. The van der Waals surface area contributed by atoms with E-state index in [0.717, 1.165) is 0 Å². The molecule has 2 rings (SSSR count). The number of esters is 1. The van der Waals surface area contributed by atoms with E-state index in [4.69, 9.17) is 14.2 Å². The molecule has 2 aromatic rings. The molecule has 1 amide bonds. The molecule has 0 aromatic heterocycles. The van der Waals surface area contributed by atoms with Crippen LogP contribution < -0.4 is 14.8 Å². The van der Waals surface area contributed by atoms with Gasteiger partial charge in [-0.2, -0.15) is 11.8 Å². The molecule has 0 spiro atoms. The Balaban J connectivity index is 2.33. The van der Waals surface area contributed by atoms with Crippen molar-refractivity contribution in [1.29, 1.82) is 0 Å². The van der Waals surface area contributed by atoms with Crippen molar-refractivity contribution in [3.63, 3.8) is 0 Å². The van der Waals surface area contributed by atoms with E-state index in [1.165, 1.54) is 40.0 Å². The van der Waals surface area contributed by atoms with Crippen LogP contribution in [-0.2, 0) is 14.3 Å². The SMILES string of the molecule is COC(=O)c1c(C(=O)CC(=O)CSCCNC(C)=O)cc2cccc(OC)c2c1OC. The van der Waals surface area contributed by atoms with Gasteiger partial charge in [0.05, 0.1) is 38.9 Å². The summed E-state index contributed by atoms with van der Waals surface area (Å²) < 4.78 is 15.7. The van der Waals surface area contributed by atoms with Gasteiger partial charge in [0.1, 0.15) is 22.8 Å². The minimum Gasteiger partial charge on any atom is -0.496 e. The Morgan fingerprint density at radius 1 is 1.06 bits per heavy atom. The molecular formula is C22H25NO7S. The third-order valence-corrected chi connectivity index (χ3v) is 5.46. The molecule has 0 aliphatic heterocycles. The lowest BCUT2D eigenvalue weighted by Crippen LogP contribution is -2.23. The molecule has 0 saturated heterocycles. The van der Waals surface area contributed by atoms with Crippen LogP contribution in [0.5, 0.6) is 11.5 Å². The van der Waals surface area contributed by atoms with Crippen molar-refractivity contribution in [1.82, 2.24) is 5.32 Å². The van der Waals surface area contributed by atoms with Crippen molar-refractivity contribution < 1.29 is 33.4 Å². The summed E-state index contributed by atoms with van der Waals surface area (Å²) in [6.07, 6.45) is -0.365. The molecule has 0 unspecified atom stereocenters. The Labute approximate surface area is 184 Å². The fourth-order valence-corrected chi connectivity index (χ4v) is 3.82. The summed E-state index contributed by atoms with van der Waals surface area (Å²) in [5, 5.41) is 3.80. The zero-order chi connectivity index (χ0) is 23.0. The van der Waals surface area contributed by atoms with Crippen LogP contribution >= 0.6 is 11.8 Å². The number of carbonyl (C=O) groups is 4. The number of methoxy groups -OCH3 is 3. The number of ether oxygens (including phenoxy) is 3. The van der Waals surface area contributed by atoms with Crippen molar-refractivity contribution >= 4 is 46.0 Å². The fourth-order valence-electron chi connectivity index (χ4n) is 3.10. The highest BCUT2D eigenvalue weighted by atomic mass is 32.2. The van der Waals surface area contributed by atoms with E-state index in [2.05, 4.69) is 5.32 Å². The molecule has 2 aromatic carbocycles. The number of fused-ring (bicyclic) bond motifs is 1. The maximum Gasteiger partial charge on any atom is 0.342 e. The second kappa shape index (κ2) is 11.4. The van der Waals surface area contributed by atoms with Gasteiger partial charge >= 0.3 is 5.97 Å². The predicted octanol–water partition coefficient (Wildman–Crippen LogP) is 2.65. The molecular weight excluding hydrogens is 422 g/mol. The second-order valence-electron chi connectivity index (χ2n) is 6.56. The average Bonchev–Trinajstić information content (AvgIpc) is 2.76. The number of rotatable bonds is 11. The molecule has 0 aliphatic rings. The van der Waals surface area contributed by atoms with Gasteiger partial charge in [-0.1, -0.05) is 12.1 Å². The maximum absolute atomic E-state index is 13.0. The molecule has 0 fully saturated rings. The fraction of sp³-hybridized carbons (Fsp3) is 0.364. The van der Waals surface area contributed by atoms with E-state index < -0.39 is 11.8 Å². The third-order valence-electron chi connectivity index (χ3n) is 4.44. The van der Waals surface area contributed by atoms with Crippen LogP contribution in [0.2, 0.25) is 0 Å². The summed E-state index contributed by atoms with van der Waals surface area (Å²) in [5.41, 5.74) is 0.0131. The van der Waals surface area contributed by atoms with E-state index in [1.807, 2.05) is 0 Å². The summed E-state index contributed by atoms with van der Waals surface area (Å²) in [6.45, 7) is 1.86. The molecule has 9 heteroatoms. The number of hydrogen-bond donors (Lipinski definition) is 1. The molecule has 1 N–H and O–H groups in total. The molecule has 0 radical (unpaired) electrons. The standard InChI is InChI=1S/C22H25NO7S/c1-13(24)23-8-9-31-12-15(25)11-17(26)16-10-14-6-5-7-18(28-2)19(14)21(29-3)20(16)22(27)30-4/h5-7,10H,8-9,11-12H2,1-4H3,(H,23,24). The van der Waals surface area contributed by atoms with Crippen molar-refractivity contribution in [2.24, 2.45) is 0 Å². The van der Waals surface area contributed by atoms with Gasteiger partial charge in [0, 0.05) is 24.8 Å². The normalized spacial score (nSPS) is 10.5. The molecule has 0 aliphatic carbocycles. The Morgan fingerprint density at radius 3 is 2.42 bits per heavy atom. The van der Waals surface area contributed by atoms with Crippen molar-refractivity contribution in [2.45, 2.75) is 13.3 Å². The summed E-state index contributed by atoms with van der Waals surface area (Å²) >= 11 is 1.32. The molecule has 31 heavy (non-hydrogen) atoms. The molecule has 8 nitrogen and oxygen atoms in total. The monoisotopic (exact) mass is 447 g/mol. The highest BCUT2D eigenvalue weighted by Crippen LogP contribution is 2.39. The number of ketones is 2. The number of carbonyl (C=O) groups excluding carboxylic acids is 4. The predicted molar refractivity (Wildman–Crippen MR) is 118 cm³/mol. The summed E-state index contributed by atoms with van der Waals surface area (Å²) in [4.78, 5) is 48.6. The second-order valence-corrected chi connectivity index (χ2v) is 7.66. The van der Waals surface area contributed by atoms with Gasteiger partial charge in [0.2, 0.25) is 5.91 Å². The van der Waals surface area contributed by atoms with Crippen LogP contribution in [-0.4, -0.2) is 62.8 Å². The summed E-state index contributed by atoms with van der Waals surface area (Å²) in [5.74, 6) is -0.361. The first-order valence-electron chi connectivity index (χ1n) is 9.47. The van der Waals surface area contributed by atoms with Gasteiger partial charge in [-0.15, -0.1) is 0 Å². The van der Waals surface area contributed by atoms with E-state index in [0.29, 0.717) is 28.8 Å². The minimum atomic E-state index is -0.745. The van der Waals surface area contributed by atoms with Crippen molar-refractivity contribution in [2.75, 3.05) is 39.4 Å². The Kier molecular flexibility index (Phi) is 8.87. The molecule has 0 bridgehead atoms. The smallest absolute Gasteiger partial charge is 0.342 e. The van der Waals surface area contributed by atoms with E-state index in [9.17, 15) is 19.2 Å². The minimum absolute atomic E-state index is 0.0434. The van der Waals surface area contributed by atoms with Crippen molar-refractivity contribution in [3.05, 3.63) is 35.4 Å². The molecule has 166 valence electrons. The Bertz CT molecular complexity index is 1000. The van der Waals surface area contributed by atoms with Crippen LogP contribution in [0.3, 0.4) is 0 Å². The lowest BCUT2D eigenvalue weighted by atomic mass is 9.94. The van der Waals surface area contributed by atoms with Crippen LogP contribution in [0.25, 0.3) is 10.8 Å². The average molecular weight is 448 g/mol. The summed E-state index contributed by atoms with van der Waals surface area (Å²) in [6, 6.07) is 6.78. The number of thioether (sulfide) groups is 1. The zero-order valence-corrected chi connectivity index (χ0v) is 18.7. The lowest BCUT2D eigenvalue weighted by Gasteiger charge is -2.16. The number of hydrogen-bond acceptors (Lipinski definition) is 8. The van der Waals surface area contributed by atoms with Crippen LogP contribution in [0.15, 0.2) is 24.3 Å². The molecule has 0 atom stereocenters. The summed E-state index contributed by atoms with van der Waals surface area (Å²) in [7, 11) is 4.09. The van der Waals surface area contributed by atoms with E-state index in [1.54, 1.807) is 24.3 Å². The quantitative estimate of drug-likeness (QED) is 0.242. The zero-order valence-electron chi connectivity index (χ0n) is 17.9. The van der Waals surface area contributed by atoms with Gasteiger partial charge < -0.3 is 19.5 Å². The van der Waals surface area contributed by atoms with Gasteiger partial charge in [0.15, 0.2) is 5.78 Å². The first kappa shape index (κ1) is 24.2. The van der Waals surface area contributed by atoms with Crippen molar-refractivity contribution in [3.8, 4) is 11.5 Å². The van der Waals surface area contributed by atoms with Crippen LogP contribution in [0.4, 0.5) is 0 Å². The molecule has 0 heterocycles. The van der Waals surface area contributed by atoms with Gasteiger partial charge in [-0.3, -0.25) is 14.4 Å². The maximum atomic E-state index is 13.0. The van der Waals surface area contributed by atoms with E-state index >= 15 is 0 Å². The first-order chi connectivity index (χ1) is 14.8. The van der Waals surface area contributed by atoms with E-state index in [-0.39, 0.29) is 40.7 Å². The van der Waals surface area contributed by atoms with Gasteiger partial charge in [-0.25, -0.2) is 4.79 Å². The number of amides is 1. The van der Waals surface area contributed by atoms with Crippen LogP contribution in [0.1, 0.15) is 34.1 Å². The molecule has 0 saturated carbocycles. The number of benzene rings is 2. The van der Waals surface area contributed by atoms with Crippen LogP contribution in [0, 0.1) is 0 Å².